The number of amides is 1. The van der Waals surface area contributed by atoms with Crippen LogP contribution in [-0.2, 0) is 24.2 Å². The van der Waals surface area contributed by atoms with E-state index in [1.807, 2.05) is 6.07 Å². The average Bonchev–Trinajstić information content (AvgIpc) is 3.54. The Balaban J connectivity index is 1.99. The van der Waals surface area contributed by atoms with Gasteiger partial charge in [0.15, 0.2) is 0 Å². The number of halogens is 6. The van der Waals surface area contributed by atoms with Crippen molar-refractivity contribution >= 4 is 5.91 Å². The number of benzene rings is 1. The van der Waals surface area contributed by atoms with Crippen molar-refractivity contribution < 1.29 is 35.9 Å². The van der Waals surface area contributed by atoms with Crippen LogP contribution in [0.25, 0.3) is 11.3 Å². The number of aromatic nitrogens is 2. The first-order chi connectivity index (χ1) is 17.2. The minimum Gasteiger partial charge on any atom is -0.406 e. The summed E-state index contributed by atoms with van der Waals surface area (Å²) in [4.78, 5) is 29.6. The van der Waals surface area contributed by atoms with E-state index in [1.54, 1.807) is 6.07 Å². The molecule has 2 aromatic rings. The molecule has 37 heavy (non-hydrogen) atoms. The number of hydrogen-bond donors (Lipinski definition) is 1. The number of hydrogen-bond acceptors (Lipinski definition) is 6. The maximum absolute atomic E-state index is 12.9. The fraction of sp³-hybridized carbons (Fsp3) is 0.435. The number of carbonyl (C=O) groups is 1. The minimum atomic E-state index is -4.99. The molecule has 1 aromatic heterocycles. The van der Waals surface area contributed by atoms with Crippen LogP contribution in [0.3, 0.4) is 0 Å². The van der Waals surface area contributed by atoms with Crippen LogP contribution in [0, 0.1) is 22.7 Å². The molecule has 0 radical (unpaired) electrons. The summed E-state index contributed by atoms with van der Waals surface area (Å²) < 4.78 is 80.7. The fourth-order valence-electron chi connectivity index (χ4n) is 3.59. The molecule has 1 aliphatic rings. The largest absolute Gasteiger partial charge is 0.573 e. The van der Waals surface area contributed by atoms with Crippen molar-refractivity contribution in [2.45, 2.75) is 63.1 Å². The van der Waals surface area contributed by atoms with Crippen LogP contribution in [0.1, 0.15) is 37.1 Å². The monoisotopic (exact) mass is 527 g/mol. The number of nitriles is 2. The normalized spacial score (nSPS) is 14.4. The number of rotatable bonds is 9. The Morgan fingerprint density at radius 2 is 1.86 bits per heavy atom. The van der Waals surface area contributed by atoms with Gasteiger partial charge in [-0.2, -0.15) is 23.7 Å². The van der Waals surface area contributed by atoms with Crippen molar-refractivity contribution in [1.29, 1.82) is 10.5 Å². The third-order valence-corrected chi connectivity index (χ3v) is 5.45. The van der Waals surface area contributed by atoms with E-state index in [9.17, 15) is 35.9 Å². The van der Waals surface area contributed by atoms with Crippen molar-refractivity contribution in [3.05, 3.63) is 46.0 Å². The predicted molar refractivity (Wildman–Crippen MR) is 115 cm³/mol. The first-order valence-electron chi connectivity index (χ1n) is 10.9. The van der Waals surface area contributed by atoms with E-state index in [0.29, 0.717) is 12.8 Å². The molecule has 0 unspecified atom stereocenters. The van der Waals surface area contributed by atoms with Gasteiger partial charge in [0, 0.05) is 24.5 Å². The lowest BCUT2D eigenvalue weighted by Gasteiger charge is -2.17. The maximum Gasteiger partial charge on any atom is 0.573 e. The Hall–Kier alpha value is -4.07. The molecule has 3 rings (SSSR count). The highest BCUT2D eigenvalue weighted by Gasteiger charge is 2.44. The van der Waals surface area contributed by atoms with Crippen LogP contribution >= 0.6 is 0 Å². The Morgan fingerprint density at radius 1 is 1.16 bits per heavy atom. The third-order valence-electron chi connectivity index (χ3n) is 5.45. The van der Waals surface area contributed by atoms with E-state index in [4.69, 9.17) is 10.5 Å². The number of aryl methyl sites for hydroxylation is 1. The Bertz CT molecular complexity index is 1320. The third kappa shape index (κ3) is 7.70. The Labute approximate surface area is 206 Å². The molecule has 1 aromatic carbocycles. The second kappa shape index (κ2) is 10.5. The highest BCUT2D eigenvalue weighted by molar-refractivity contribution is 5.78. The van der Waals surface area contributed by atoms with Crippen molar-refractivity contribution in [3.8, 4) is 29.1 Å². The van der Waals surface area contributed by atoms with Crippen molar-refractivity contribution in [2.24, 2.45) is 0 Å². The predicted octanol–water partition coefficient (Wildman–Crippen LogP) is 3.93. The molecule has 1 fully saturated rings. The van der Waals surface area contributed by atoms with Crippen molar-refractivity contribution in [1.82, 2.24) is 14.9 Å². The molecule has 1 amide bonds. The number of alkyl halides is 6. The molecule has 1 aliphatic carbocycles. The van der Waals surface area contributed by atoms with Crippen LogP contribution < -0.4 is 15.6 Å². The summed E-state index contributed by atoms with van der Waals surface area (Å²) in [5, 5.41) is 20.7. The van der Waals surface area contributed by atoms with Gasteiger partial charge in [0.05, 0.1) is 24.3 Å². The molecule has 0 atom stereocenters. The van der Waals surface area contributed by atoms with E-state index in [0.717, 1.165) is 28.8 Å². The molecule has 1 N–H and O–H groups in total. The number of carbonyl (C=O) groups excluding carboxylic acids is 1. The van der Waals surface area contributed by atoms with E-state index >= 15 is 0 Å². The zero-order valence-electron chi connectivity index (χ0n) is 19.0. The van der Waals surface area contributed by atoms with Gasteiger partial charge >= 0.3 is 12.5 Å². The quantitative estimate of drug-likeness (QED) is 0.494. The average molecular weight is 527 g/mol. The summed E-state index contributed by atoms with van der Waals surface area (Å²) in [6.07, 6.45) is -11.0. The van der Waals surface area contributed by atoms with Gasteiger partial charge in [-0.15, -0.1) is 13.2 Å². The van der Waals surface area contributed by atoms with Crippen LogP contribution in [-0.4, -0.2) is 33.5 Å². The van der Waals surface area contributed by atoms with Gasteiger partial charge in [0.25, 0.3) is 5.56 Å². The van der Waals surface area contributed by atoms with E-state index < -0.39 is 54.7 Å². The SMILES string of the molecule is N#CCc1cc(OC(F)(F)F)ccc1-c1cc(=O)n(CC(=O)NC2(C#N)CC2)c(CCCC(F)(F)F)n1. The molecule has 14 heteroatoms. The van der Waals surface area contributed by atoms with Gasteiger partial charge < -0.3 is 10.1 Å². The summed E-state index contributed by atoms with van der Waals surface area (Å²) in [5.41, 5.74) is -1.79. The summed E-state index contributed by atoms with van der Waals surface area (Å²) in [7, 11) is 0. The molecule has 1 heterocycles. The topological polar surface area (TPSA) is 121 Å². The van der Waals surface area contributed by atoms with E-state index in [1.165, 1.54) is 0 Å². The van der Waals surface area contributed by atoms with Gasteiger partial charge in [-0.05, 0) is 43.0 Å². The van der Waals surface area contributed by atoms with Crippen LogP contribution in [0.15, 0.2) is 29.1 Å². The van der Waals surface area contributed by atoms with Gasteiger partial charge in [-0.1, -0.05) is 0 Å². The highest BCUT2D eigenvalue weighted by Crippen LogP contribution is 2.34. The van der Waals surface area contributed by atoms with Gasteiger partial charge in [0.1, 0.15) is 23.7 Å². The first-order valence-corrected chi connectivity index (χ1v) is 10.9. The standard InChI is InChI=1S/C23H19F6N5O3/c24-22(25,26)6-1-2-18-32-17(11-20(36)34(18)12-19(35)33-21(13-31)7-8-21)16-4-3-15(37-23(27,28)29)10-14(16)5-9-30/h3-4,10-11H,1-2,5-8,12H2,(H,33,35). The first kappa shape index (κ1) is 27.5. The molecular formula is C23H19F6N5O3. The second-order valence-corrected chi connectivity index (χ2v) is 8.39. The Morgan fingerprint density at radius 3 is 2.43 bits per heavy atom. The summed E-state index contributed by atoms with van der Waals surface area (Å²) in [6.45, 7) is -0.597. The Kier molecular flexibility index (Phi) is 7.81. The van der Waals surface area contributed by atoms with Gasteiger partial charge in [-0.3, -0.25) is 14.2 Å². The minimum absolute atomic E-state index is 0.0394. The van der Waals surface area contributed by atoms with Crippen LogP contribution in [0.2, 0.25) is 0 Å². The molecule has 8 nitrogen and oxygen atoms in total. The van der Waals surface area contributed by atoms with E-state index in [2.05, 4.69) is 15.0 Å². The lowest BCUT2D eigenvalue weighted by molar-refractivity contribution is -0.274. The zero-order chi connectivity index (χ0) is 27.4. The van der Waals surface area contributed by atoms with Crippen molar-refractivity contribution in [3.63, 3.8) is 0 Å². The molecule has 0 bridgehead atoms. The highest BCUT2D eigenvalue weighted by atomic mass is 19.4. The fourth-order valence-corrected chi connectivity index (χ4v) is 3.59. The van der Waals surface area contributed by atoms with E-state index in [-0.39, 0.29) is 35.5 Å². The zero-order valence-corrected chi connectivity index (χ0v) is 19.0. The molecular weight excluding hydrogens is 508 g/mol. The maximum atomic E-state index is 12.9. The lowest BCUT2D eigenvalue weighted by Crippen LogP contribution is -2.40. The summed E-state index contributed by atoms with van der Waals surface area (Å²) in [5.74, 6) is -1.47. The molecule has 196 valence electrons. The second-order valence-electron chi connectivity index (χ2n) is 8.39. The van der Waals surface area contributed by atoms with Crippen molar-refractivity contribution in [2.75, 3.05) is 0 Å². The molecule has 0 aliphatic heterocycles. The van der Waals surface area contributed by atoms with Gasteiger partial charge in [-0.25, -0.2) is 4.98 Å². The van der Waals surface area contributed by atoms with Gasteiger partial charge in [0.2, 0.25) is 5.91 Å². The van der Waals surface area contributed by atoms with Crippen LogP contribution in [0.4, 0.5) is 26.3 Å². The number of nitrogens with zero attached hydrogens (tertiary/aromatic N) is 4. The molecule has 0 saturated heterocycles. The smallest absolute Gasteiger partial charge is 0.406 e. The number of ether oxygens (including phenoxy) is 1. The summed E-state index contributed by atoms with van der Waals surface area (Å²) in [6, 6.07) is 7.75. The lowest BCUT2D eigenvalue weighted by atomic mass is 10.0. The molecule has 0 spiro atoms. The van der Waals surface area contributed by atoms with Crippen LogP contribution in [0.5, 0.6) is 5.75 Å². The molecule has 1 saturated carbocycles. The summed E-state index contributed by atoms with van der Waals surface area (Å²) >= 11 is 0. The number of nitrogens with one attached hydrogen (secondary N) is 1.